The minimum Gasteiger partial charge on any atom is -0.396 e. The van der Waals surface area contributed by atoms with Crippen LogP contribution in [0.4, 0.5) is 0 Å². The summed E-state index contributed by atoms with van der Waals surface area (Å²) >= 11 is 0. The van der Waals surface area contributed by atoms with Gasteiger partial charge in [0.2, 0.25) is 0 Å². The second-order valence-corrected chi connectivity index (χ2v) is 2.72. The zero-order valence-electron chi connectivity index (χ0n) is 7.90. The van der Waals surface area contributed by atoms with Gasteiger partial charge in [0.15, 0.2) is 0 Å². The molecule has 0 atom stereocenters. The highest BCUT2D eigenvalue weighted by atomic mass is 16.2. The normalized spacial score (nSPS) is 9.29. The molecule has 1 heterocycles. The molecule has 1 aromatic heterocycles. The van der Waals surface area contributed by atoms with Crippen LogP contribution in [0, 0.1) is 11.8 Å². The molecule has 0 aliphatic carbocycles. The summed E-state index contributed by atoms with van der Waals surface area (Å²) in [6.45, 7) is 0.523. The van der Waals surface area contributed by atoms with Gasteiger partial charge in [-0.2, -0.15) is 0 Å². The molecule has 0 unspecified atom stereocenters. The molecular formula is C10H13N3O. The van der Waals surface area contributed by atoms with Gasteiger partial charge in [-0.25, -0.2) is 9.97 Å². The highest BCUT2D eigenvalue weighted by Crippen LogP contribution is 1.93. The van der Waals surface area contributed by atoms with Crippen LogP contribution in [0.15, 0.2) is 12.4 Å². The lowest BCUT2D eigenvalue weighted by atomic mass is 10.3. The van der Waals surface area contributed by atoms with Crippen molar-refractivity contribution in [2.75, 3.05) is 6.61 Å². The largest absolute Gasteiger partial charge is 0.396 e. The Kier molecular flexibility index (Phi) is 4.62. The molecule has 0 amide bonds. The van der Waals surface area contributed by atoms with Gasteiger partial charge in [0.25, 0.3) is 0 Å². The van der Waals surface area contributed by atoms with Crippen molar-refractivity contribution >= 4 is 0 Å². The van der Waals surface area contributed by atoms with Gasteiger partial charge >= 0.3 is 0 Å². The van der Waals surface area contributed by atoms with Gasteiger partial charge in [-0.3, -0.25) is 0 Å². The molecule has 4 heteroatoms. The number of hydrogen-bond donors (Lipinski definition) is 2. The van der Waals surface area contributed by atoms with E-state index in [1.807, 2.05) is 0 Å². The second-order valence-electron chi connectivity index (χ2n) is 2.72. The Morgan fingerprint density at radius 2 is 2.07 bits per heavy atom. The van der Waals surface area contributed by atoms with E-state index in [-0.39, 0.29) is 6.61 Å². The second kappa shape index (κ2) is 6.08. The standard InChI is InChI=1S/C10H13N3O/c11-6-10-12-7-9(8-13-10)4-2-1-3-5-14/h7-8,14H,1,3,5-6,11H2. The van der Waals surface area contributed by atoms with E-state index in [1.54, 1.807) is 12.4 Å². The molecule has 0 aliphatic heterocycles. The number of unbranched alkanes of at least 4 members (excludes halogenated alkanes) is 1. The van der Waals surface area contributed by atoms with Crippen LogP contribution in [0.1, 0.15) is 24.2 Å². The van der Waals surface area contributed by atoms with Crippen molar-refractivity contribution in [1.29, 1.82) is 0 Å². The maximum Gasteiger partial charge on any atom is 0.141 e. The molecule has 0 aromatic carbocycles. The van der Waals surface area contributed by atoms with Crippen LogP contribution in [-0.2, 0) is 6.54 Å². The lowest BCUT2D eigenvalue weighted by Crippen LogP contribution is -2.02. The fraction of sp³-hybridized carbons (Fsp3) is 0.400. The van der Waals surface area contributed by atoms with E-state index < -0.39 is 0 Å². The smallest absolute Gasteiger partial charge is 0.141 e. The Morgan fingerprint density at radius 1 is 1.36 bits per heavy atom. The molecule has 14 heavy (non-hydrogen) atoms. The first-order valence-electron chi connectivity index (χ1n) is 4.47. The first-order chi connectivity index (χ1) is 6.86. The molecule has 0 spiro atoms. The van der Waals surface area contributed by atoms with Crippen molar-refractivity contribution in [3.05, 3.63) is 23.8 Å². The number of nitrogens with zero attached hydrogens (tertiary/aromatic N) is 2. The van der Waals surface area contributed by atoms with Gasteiger partial charge in [-0.15, -0.1) is 0 Å². The van der Waals surface area contributed by atoms with E-state index in [0.29, 0.717) is 25.2 Å². The Bertz CT molecular complexity index is 323. The van der Waals surface area contributed by atoms with Crippen LogP contribution in [-0.4, -0.2) is 21.7 Å². The van der Waals surface area contributed by atoms with Gasteiger partial charge < -0.3 is 10.8 Å². The topological polar surface area (TPSA) is 72.0 Å². The first-order valence-corrected chi connectivity index (χ1v) is 4.47. The Hall–Kier alpha value is -1.44. The van der Waals surface area contributed by atoms with Crippen molar-refractivity contribution < 1.29 is 5.11 Å². The fourth-order valence-corrected chi connectivity index (χ4v) is 0.857. The molecule has 0 radical (unpaired) electrons. The summed E-state index contributed by atoms with van der Waals surface area (Å²) in [4.78, 5) is 8.02. The summed E-state index contributed by atoms with van der Waals surface area (Å²) in [5.74, 6) is 6.44. The lowest BCUT2D eigenvalue weighted by Gasteiger charge is -1.93. The SMILES string of the molecule is NCc1ncc(C#CCCCO)cn1. The predicted molar refractivity (Wildman–Crippen MR) is 53.1 cm³/mol. The zero-order chi connectivity index (χ0) is 10.2. The van der Waals surface area contributed by atoms with Crippen molar-refractivity contribution in [2.45, 2.75) is 19.4 Å². The number of rotatable bonds is 3. The van der Waals surface area contributed by atoms with Crippen LogP contribution in [0.5, 0.6) is 0 Å². The van der Waals surface area contributed by atoms with Crippen molar-refractivity contribution in [1.82, 2.24) is 9.97 Å². The Labute approximate surface area is 83.2 Å². The molecule has 1 rings (SSSR count). The van der Waals surface area contributed by atoms with E-state index >= 15 is 0 Å². The molecule has 0 saturated carbocycles. The predicted octanol–water partition coefficient (Wildman–Crippen LogP) is 0.0593. The Balaban J connectivity index is 2.53. The number of aromatic nitrogens is 2. The first kappa shape index (κ1) is 10.6. The van der Waals surface area contributed by atoms with Gasteiger partial charge in [-0.1, -0.05) is 11.8 Å². The van der Waals surface area contributed by atoms with Gasteiger partial charge in [-0.05, 0) is 6.42 Å². The molecule has 4 nitrogen and oxygen atoms in total. The quantitative estimate of drug-likeness (QED) is 0.523. The monoisotopic (exact) mass is 191 g/mol. The molecule has 0 aliphatic rings. The van der Waals surface area contributed by atoms with E-state index in [0.717, 1.165) is 5.56 Å². The van der Waals surface area contributed by atoms with E-state index in [2.05, 4.69) is 21.8 Å². The average Bonchev–Trinajstić information content (AvgIpc) is 2.25. The zero-order valence-corrected chi connectivity index (χ0v) is 7.90. The van der Waals surface area contributed by atoms with Crippen molar-refractivity contribution in [3.63, 3.8) is 0 Å². The van der Waals surface area contributed by atoms with Gasteiger partial charge in [0.05, 0.1) is 12.1 Å². The average molecular weight is 191 g/mol. The summed E-state index contributed by atoms with van der Waals surface area (Å²) in [6, 6.07) is 0. The minimum atomic E-state index is 0.178. The van der Waals surface area contributed by atoms with E-state index in [1.165, 1.54) is 0 Å². The van der Waals surface area contributed by atoms with Crippen LogP contribution < -0.4 is 5.73 Å². The molecule has 74 valence electrons. The van der Waals surface area contributed by atoms with Crippen LogP contribution >= 0.6 is 0 Å². The number of aliphatic hydroxyl groups excluding tert-OH is 1. The maximum atomic E-state index is 8.53. The molecule has 0 fully saturated rings. The maximum absolute atomic E-state index is 8.53. The lowest BCUT2D eigenvalue weighted by molar-refractivity contribution is 0.290. The number of aliphatic hydroxyl groups is 1. The molecular weight excluding hydrogens is 178 g/mol. The van der Waals surface area contributed by atoms with Crippen LogP contribution in [0.2, 0.25) is 0 Å². The Morgan fingerprint density at radius 3 is 2.64 bits per heavy atom. The van der Waals surface area contributed by atoms with Gasteiger partial charge in [0.1, 0.15) is 5.82 Å². The third-order valence-electron chi connectivity index (χ3n) is 1.58. The van der Waals surface area contributed by atoms with Crippen molar-refractivity contribution in [2.24, 2.45) is 5.73 Å². The van der Waals surface area contributed by atoms with Crippen LogP contribution in [0.3, 0.4) is 0 Å². The summed E-state index contributed by atoms with van der Waals surface area (Å²) < 4.78 is 0. The third-order valence-corrected chi connectivity index (χ3v) is 1.58. The highest BCUT2D eigenvalue weighted by Gasteiger charge is 1.91. The molecule has 0 saturated heterocycles. The summed E-state index contributed by atoms with van der Waals surface area (Å²) in [5.41, 5.74) is 6.13. The summed E-state index contributed by atoms with van der Waals surface area (Å²) in [5, 5.41) is 8.53. The van der Waals surface area contributed by atoms with Crippen LogP contribution in [0.25, 0.3) is 0 Å². The summed E-state index contributed by atoms with van der Waals surface area (Å²) in [7, 11) is 0. The number of nitrogens with two attached hydrogens (primary N) is 1. The third kappa shape index (κ3) is 3.52. The van der Waals surface area contributed by atoms with Crippen molar-refractivity contribution in [3.8, 4) is 11.8 Å². The molecule has 0 bridgehead atoms. The number of hydrogen-bond acceptors (Lipinski definition) is 4. The summed E-state index contributed by atoms with van der Waals surface area (Å²) in [6.07, 6.45) is 4.70. The fourth-order valence-electron chi connectivity index (χ4n) is 0.857. The van der Waals surface area contributed by atoms with Gasteiger partial charge in [0, 0.05) is 25.4 Å². The van der Waals surface area contributed by atoms with E-state index in [4.69, 9.17) is 10.8 Å². The molecule has 1 aromatic rings. The van der Waals surface area contributed by atoms with E-state index in [9.17, 15) is 0 Å². The minimum absolute atomic E-state index is 0.178. The molecule has 3 N–H and O–H groups in total. The highest BCUT2D eigenvalue weighted by molar-refractivity contribution is 5.29.